The third-order valence-corrected chi connectivity index (χ3v) is 6.98. The number of hydrogen-bond donors (Lipinski definition) is 1. The summed E-state index contributed by atoms with van der Waals surface area (Å²) in [6, 6.07) is 0. The standard InChI is InChI=1S/C22H43N/c1-2-3-4-5-6-7-8-9-10-11-12-13-14-15-21(16-17-21)22(20-23)18-19-22/h2-20,23H2,1H3. The Bertz CT molecular complexity index is 301. The first-order valence-corrected chi connectivity index (χ1v) is 11.0. The lowest BCUT2D eigenvalue weighted by Gasteiger charge is -2.25. The van der Waals surface area contributed by atoms with E-state index in [1.807, 2.05) is 0 Å². The van der Waals surface area contributed by atoms with E-state index in [-0.39, 0.29) is 0 Å². The van der Waals surface area contributed by atoms with Gasteiger partial charge in [0.2, 0.25) is 0 Å². The third-order valence-electron chi connectivity index (χ3n) is 6.98. The molecule has 0 aromatic rings. The predicted molar refractivity (Wildman–Crippen MR) is 103 cm³/mol. The van der Waals surface area contributed by atoms with E-state index in [1.165, 1.54) is 116 Å². The largest absolute Gasteiger partial charge is 0.330 e. The highest BCUT2D eigenvalue weighted by atomic mass is 14.8. The van der Waals surface area contributed by atoms with Gasteiger partial charge < -0.3 is 5.73 Å². The molecule has 1 heteroatoms. The second-order valence-electron chi connectivity index (χ2n) is 8.76. The van der Waals surface area contributed by atoms with Crippen LogP contribution in [0.2, 0.25) is 0 Å². The molecule has 0 spiro atoms. The van der Waals surface area contributed by atoms with E-state index in [4.69, 9.17) is 5.73 Å². The van der Waals surface area contributed by atoms with Crippen molar-refractivity contribution in [1.82, 2.24) is 0 Å². The van der Waals surface area contributed by atoms with Gasteiger partial charge >= 0.3 is 0 Å². The summed E-state index contributed by atoms with van der Waals surface area (Å²) in [7, 11) is 0. The maximum absolute atomic E-state index is 6.04. The summed E-state index contributed by atoms with van der Waals surface area (Å²) in [5, 5.41) is 0. The van der Waals surface area contributed by atoms with Crippen molar-refractivity contribution in [3.63, 3.8) is 0 Å². The van der Waals surface area contributed by atoms with Gasteiger partial charge in [0.25, 0.3) is 0 Å². The summed E-state index contributed by atoms with van der Waals surface area (Å²) in [6.45, 7) is 3.26. The molecule has 0 aromatic carbocycles. The molecule has 0 aliphatic heterocycles. The lowest BCUT2D eigenvalue weighted by molar-refractivity contribution is 0.259. The number of nitrogens with two attached hydrogens (primary N) is 1. The Balaban J connectivity index is 1.33. The first kappa shape index (κ1) is 19.3. The van der Waals surface area contributed by atoms with Gasteiger partial charge in [0.15, 0.2) is 0 Å². The van der Waals surface area contributed by atoms with Crippen LogP contribution in [0.25, 0.3) is 0 Å². The molecule has 0 atom stereocenters. The topological polar surface area (TPSA) is 26.0 Å². The van der Waals surface area contributed by atoms with Crippen molar-refractivity contribution < 1.29 is 0 Å². The van der Waals surface area contributed by atoms with Gasteiger partial charge in [0.1, 0.15) is 0 Å². The molecule has 0 saturated heterocycles. The lowest BCUT2D eigenvalue weighted by atomic mass is 9.81. The van der Waals surface area contributed by atoms with Crippen LogP contribution in [0.1, 0.15) is 122 Å². The maximum atomic E-state index is 6.04. The van der Waals surface area contributed by atoms with Crippen LogP contribution in [0.3, 0.4) is 0 Å². The minimum absolute atomic E-state index is 0.615. The van der Waals surface area contributed by atoms with E-state index in [0.29, 0.717) is 5.41 Å². The Hall–Kier alpha value is -0.0400. The Kier molecular flexibility index (Phi) is 8.44. The minimum Gasteiger partial charge on any atom is -0.330 e. The van der Waals surface area contributed by atoms with Crippen LogP contribution in [0.4, 0.5) is 0 Å². The van der Waals surface area contributed by atoms with E-state index in [0.717, 1.165) is 12.0 Å². The fourth-order valence-corrected chi connectivity index (χ4v) is 4.78. The van der Waals surface area contributed by atoms with Crippen LogP contribution in [0.5, 0.6) is 0 Å². The molecule has 136 valence electrons. The van der Waals surface area contributed by atoms with Crippen molar-refractivity contribution in [2.75, 3.05) is 6.54 Å². The van der Waals surface area contributed by atoms with Gasteiger partial charge in [-0.25, -0.2) is 0 Å². The number of hydrogen-bond acceptors (Lipinski definition) is 1. The number of unbranched alkanes of at least 4 members (excludes halogenated alkanes) is 12. The highest BCUT2D eigenvalue weighted by Gasteiger charge is 2.63. The fourth-order valence-electron chi connectivity index (χ4n) is 4.78. The van der Waals surface area contributed by atoms with Crippen LogP contribution >= 0.6 is 0 Å². The van der Waals surface area contributed by atoms with Crippen molar-refractivity contribution in [2.24, 2.45) is 16.6 Å². The third kappa shape index (κ3) is 6.07. The van der Waals surface area contributed by atoms with Crippen LogP contribution in [-0.2, 0) is 0 Å². The first-order chi connectivity index (χ1) is 11.3. The monoisotopic (exact) mass is 321 g/mol. The highest BCUT2D eigenvalue weighted by Crippen LogP contribution is 2.71. The van der Waals surface area contributed by atoms with E-state index in [1.54, 1.807) is 0 Å². The summed E-state index contributed by atoms with van der Waals surface area (Å²) in [4.78, 5) is 0. The Morgan fingerprint density at radius 2 is 0.957 bits per heavy atom. The molecular weight excluding hydrogens is 278 g/mol. The van der Waals surface area contributed by atoms with Crippen molar-refractivity contribution in [2.45, 2.75) is 122 Å². The molecule has 2 saturated carbocycles. The zero-order chi connectivity index (χ0) is 16.4. The molecular formula is C22H43N. The van der Waals surface area contributed by atoms with Gasteiger partial charge in [-0.2, -0.15) is 0 Å². The molecule has 0 aromatic heterocycles. The molecule has 2 fully saturated rings. The quantitative estimate of drug-likeness (QED) is 0.305. The van der Waals surface area contributed by atoms with Crippen LogP contribution in [-0.4, -0.2) is 6.54 Å². The van der Waals surface area contributed by atoms with E-state index >= 15 is 0 Å². The minimum atomic E-state index is 0.615. The summed E-state index contributed by atoms with van der Waals surface area (Å²) >= 11 is 0. The van der Waals surface area contributed by atoms with Gasteiger partial charge in [-0.05, 0) is 49.5 Å². The molecule has 2 aliphatic rings. The average Bonchev–Trinajstić information content (AvgIpc) is 3.46. The van der Waals surface area contributed by atoms with Crippen molar-refractivity contribution in [3.05, 3.63) is 0 Å². The van der Waals surface area contributed by atoms with Crippen molar-refractivity contribution in [1.29, 1.82) is 0 Å². The van der Waals surface area contributed by atoms with Crippen LogP contribution < -0.4 is 5.73 Å². The van der Waals surface area contributed by atoms with Crippen molar-refractivity contribution >= 4 is 0 Å². The molecule has 2 N–H and O–H groups in total. The van der Waals surface area contributed by atoms with Gasteiger partial charge in [0.05, 0.1) is 0 Å². The van der Waals surface area contributed by atoms with E-state index in [9.17, 15) is 0 Å². The fraction of sp³-hybridized carbons (Fsp3) is 1.00. The molecule has 2 aliphatic carbocycles. The Labute approximate surface area is 146 Å². The summed E-state index contributed by atoms with van der Waals surface area (Å²) in [5.74, 6) is 0. The SMILES string of the molecule is CCCCCCCCCCCCCCCC1(C2(CN)CC2)CC1. The maximum Gasteiger partial charge on any atom is -0.00152 e. The normalized spacial score (nSPS) is 20.6. The van der Waals surface area contributed by atoms with E-state index < -0.39 is 0 Å². The van der Waals surface area contributed by atoms with Gasteiger partial charge in [-0.3, -0.25) is 0 Å². The summed E-state index contributed by atoms with van der Waals surface area (Å²) < 4.78 is 0. The Morgan fingerprint density at radius 1 is 0.565 bits per heavy atom. The second kappa shape index (κ2) is 10.1. The second-order valence-corrected chi connectivity index (χ2v) is 8.76. The van der Waals surface area contributed by atoms with Crippen LogP contribution in [0, 0.1) is 10.8 Å². The van der Waals surface area contributed by atoms with E-state index in [2.05, 4.69) is 6.92 Å². The predicted octanol–water partition coefficient (Wildman–Crippen LogP) is 6.99. The molecule has 0 heterocycles. The lowest BCUT2D eigenvalue weighted by Crippen LogP contribution is -2.26. The van der Waals surface area contributed by atoms with Gasteiger partial charge in [-0.15, -0.1) is 0 Å². The zero-order valence-corrected chi connectivity index (χ0v) is 16.0. The smallest absolute Gasteiger partial charge is 0.00152 e. The van der Waals surface area contributed by atoms with Crippen LogP contribution in [0.15, 0.2) is 0 Å². The molecule has 0 unspecified atom stereocenters. The Morgan fingerprint density at radius 3 is 1.30 bits per heavy atom. The highest BCUT2D eigenvalue weighted by molar-refractivity contribution is 5.14. The molecule has 2 rings (SSSR count). The molecule has 0 amide bonds. The summed E-state index contributed by atoms with van der Waals surface area (Å²) in [5.41, 5.74) is 7.38. The first-order valence-electron chi connectivity index (χ1n) is 11.0. The van der Waals surface area contributed by atoms with Gasteiger partial charge in [0, 0.05) is 0 Å². The van der Waals surface area contributed by atoms with Gasteiger partial charge in [-0.1, -0.05) is 90.4 Å². The molecule has 1 nitrogen and oxygen atoms in total. The summed E-state index contributed by atoms with van der Waals surface area (Å²) in [6.07, 6.45) is 26.4. The average molecular weight is 322 g/mol. The molecule has 0 bridgehead atoms. The number of rotatable bonds is 16. The zero-order valence-electron chi connectivity index (χ0n) is 16.0. The molecule has 23 heavy (non-hydrogen) atoms. The molecule has 0 radical (unpaired) electrons. The van der Waals surface area contributed by atoms with Crippen molar-refractivity contribution in [3.8, 4) is 0 Å².